The summed E-state index contributed by atoms with van der Waals surface area (Å²) in [6.45, 7) is 4.49. The van der Waals surface area contributed by atoms with Crippen LogP contribution in [0.3, 0.4) is 0 Å². The molecule has 0 unspecified atom stereocenters. The van der Waals surface area contributed by atoms with Crippen molar-refractivity contribution >= 4 is 6.08 Å². The van der Waals surface area contributed by atoms with Crippen LogP contribution in [0.5, 0.6) is 11.5 Å². The van der Waals surface area contributed by atoms with Crippen LogP contribution in [0.1, 0.15) is 83.6 Å². The molecule has 0 radical (unpaired) electrons. The van der Waals surface area contributed by atoms with Crippen LogP contribution in [0.15, 0.2) is 18.2 Å². The van der Waals surface area contributed by atoms with Crippen molar-refractivity contribution in [1.29, 1.82) is 0 Å². The van der Waals surface area contributed by atoms with Crippen molar-refractivity contribution in [2.45, 2.75) is 78.1 Å². The van der Waals surface area contributed by atoms with Crippen molar-refractivity contribution in [3.05, 3.63) is 29.6 Å². The highest BCUT2D eigenvalue weighted by molar-refractivity contribution is 5.59. The molecule has 2 saturated carbocycles. The van der Waals surface area contributed by atoms with E-state index in [0.29, 0.717) is 18.1 Å². The second kappa shape index (κ2) is 10.3. The Kier molecular flexibility index (Phi) is 7.82. The number of phenolic OH excluding ortho intramolecular Hbond substituents is 1. The van der Waals surface area contributed by atoms with E-state index in [1.807, 2.05) is 6.08 Å². The number of benzene rings is 1. The molecule has 2 aliphatic carbocycles. The lowest BCUT2D eigenvalue weighted by atomic mass is 9.68. The zero-order chi connectivity index (χ0) is 19.9. The van der Waals surface area contributed by atoms with Crippen molar-refractivity contribution < 1.29 is 14.2 Å². The summed E-state index contributed by atoms with van der Waals surface area (Å²) in [5, 5.41) is 10.1. The van der Waals surface area contributed by atoms with Gasteiger partial charge in [0, 0.05) is 5.56 Å². The molecule has 0 aliphatic heterocycles. The van der Waals surface area contributed by atoms with Gasteiger partial charge in [0.25, 0.3) is 0 Å². The zero-order valence-electron chi connectivity index (χ0n) is 17.6. The molecule has 1 aromatic carbocycles. The summed E-state index contributed by atoms with van der Waals surface area (Å²) < 4.78 is 19.3. The summed E-state index contributed by atoms with van der Waals surface area (Å²) in [5.74, 6) is 2.53. The second-order valence-corrected chi connectivity index (χ2v) is 8.85. The van der Waals surface area contributed by atoms with Gasteiger partial charge in [-0.2, -0.15) is 4.39 Å². The third kappa shape index (κ3) is 5.30. The van der Waals surface area contributed by atoms with Gasteiger partial charge in [0.15, 0.2) is 11.5 Å². The summed E-state index contributed by atoms with van der Waals surface area (Å²) >= 11 is 0. The van der Waals surface area contributed by atoms with Crippen molar-refractivity contribution in [3.8, 4) is 11.5 Å². The van der Waals surface area contributed by atoms with Gasteiger partial charge in [-0.1, -0.05) is 44.8 Å². The van der Waals surface area contributed by atoms with Crippen molar-refractivity contribution in [1.82, 2.24) is 0 Å². The Labute approximate surface area is 170 Å². The van der Waals surface area contributed by atoms with Gasteiger partial charge in [0.1, 0.15) is 0 Å². The van der Waals surface area contributed by atoms with Crippen LogP contribution >= 0.6 is 0 Å². The second-order valence-electron chi connectivity index (χ2n) is 8.85. The minimum atomic E-state index is -0.661. The van der Waals surface area contributed by atoms with Crippen LogP contribution in [0.2, 0.25) is 0 Å². The fourth-order valence-electron chi connectivity index (χ4n) is 5.37. The molecule has 0 aromatic heterocycles. The maximum Gasteiger partial charge on any atom is 0.207 e. The van der Waals surface area contributed by atoms with Crippen LogP contribution in [0, 0.1) is 29.5 Å². The van der Waals surface area contributed by atoms with E-state index >= 15 is 0 Å². The van der Waals surface area contributed by atoms with E-state index in [-0.39, 0.29) is 11.5 Å². The minimum absolute atomic E-state index is 0.117. The van der Waals surface area contributed by atoms with Crippen LogP contribution < -0.4 is 4.74 Å². The van der Waals surface area contributed by atoms with Gasteiger partial charge < -0.3 is 9.84 Å². The average molecular weight is 389 g/mol. The van der Waals surface area contributed by atoms with Crippen LogP contribution in [0.25, 0.3) is 6.08 Å². The molecule has 2 fully saturated rings. The van der Waals surface area contributed by atoms with Gasteiger partial charge >= 0.3 is 0 Å². The predicted molar refractivity (Wildman–Crippen MR) is 114 cm³/mol. The number of ether oxygens (including phenoxy) is 1. The van der Waals surface area contributed by atoms with E-state index < -0.39 is 5.82 Å². The van der Waals surface area contributed by atoms with E-state index in [0.717, 1.165) is 17.8 Å². The van der Waals surface area contributed by atoms with Crippen LogP contribution in [-0.2, 0) is 0 Å². The summed E-state index contributed by atoms with van der Waals surface area (Å²) in [5.41, 5.74) is 0.539. The third-order valence-corrected chi connectivity index (χ3v) is 7.03. The van der Waals surface area contributed by atoms with Crippen molar-refractivity contribution in [3.63, 3.8) is 0 Å². The molecule has 2 aliphatic rings. The van der Waals surface area contributed by atoms with Gasteiger partial charge in [-0.15, -0.1) is 0 Å². The fourth-order valence-corrected chi connectivity index (χ4v) is 5.37. The van der Waals surface area contributed by atoms with Crippen molar-refractivity contribution in [2.24, 2.45) is 23.7 Å². The lowest BCUT2D eigenvalue weighted by Crippen LogP contribution is -2.25. The molecule has 3 rings (SSSR count). The Morgan fingerprint density at radius 2 is 1.64 bits per heavy atom. The first-order valence-corrected chi connectivity index (χ1v) is 11.4. The Bertz CT molecular complexity index is 638. The SMILES string of the molecule is CCCC1CCC(C2CCC(C=Cc3ccc(OCC)c(F)c3O)CC2)CC1. The predicted octanol–water partition coefficient (Wildman–Crippen LogP) is 7.36. The minimum Gasteiger partial charge on any atom is -0.504 e. The highest BCUT2D eigenvalue weighted by atomic mass is 19.1. The van der Waals surface area contributed by atoms with Crippen LogP contribution in [0.4, 0.5) is 4.39 Å². The molecule has 28 heavy (non-hydrogen) atoms. The van der Waals surface area contributed by atoms with E-state index in [2.05, 4.69) is 13.0 Å². The molecule has 0 atom stereocenters. The Balaban J connectivity index is 1.49. The van der Waals surface area contributed by atoms with Gasteiger partial charge in [-0.25, -0.2) is 0 Å². The summed E-state index contributed by atoms with van der Waals surface area (Å²) in [6.07, 6.45) is 17.7. The molecule has 0 spiro atoms. The molecule has 1 N–H and O–H groups in total. The first-order chi connectivity index (χ1) is 13.6. The van der Waals surface area contributed by atoms with Gasteiger partial charge in [0.2, 0.25) is 5.82 Å². The number of aromatic hydroxyl groups is 1. The smallest absolute Gasteiger partial charge is 0.207 e. The number of hydrogen-bond acceptors (Lipinski definition) is 2. The van der Waals surface area contributed by atoms with E-state index in [4.69, 9.17) is 4.74 Å². The normalized spacial score (nSPS) is 28.5. The number of hydrogen-bond donors (Lipinski definition) is 1. The molecular formula is C25H37FO2. The van der Waals surface area contributed by atoms with Crippen molar-refractivity contribution in [2.75, 3.05) is 6.61 Å². The Morgan fingerprint density at radius 3 is 2.25 bits per heavy atom. The number of allylic oxidation sites excluding steroid dienone is 1. The molecule has 0 bridgehead atoms. The van der Waals surface area contributed by atoms with E-state index in [1.165, 1.54) is 64.2 Å². The highest BCUT2D eigenvalue weighted by Gasteiger charge is 2.30. The molecule has 156 valence electrons. The summed E-state index contributed by atoms with van der Waals surface area (Å²) in [7, 11) is 0. The molecule has 0 saturated heterocycles. The lowest BCUT2D eigenvalue weighted by Gasteiger charge is -2.37. The van der Waals surface area contributed by atoms with E-state index in [1.54, 1.807) is 19.1 Å². The molecule has 3 heteroatoms. The number of rotatable bonds is 7. The number of phenols is 1. The Morgan fingerprint density at radius 1 is 1.00 bits per heavy atom. The van der Waals surface area contributed by atoms with Gasteiger partial charge in [-0.3, -0.25) is 0 Å². The summed E-state index contributed by atoms with van der Waals surface area (Å²) in [6, 6.07) is 3.34. The topological polar surface area (TPSA) is 29.5 Å². The molecule has 0 amide bonds. The zero-order valence-corrected chi connectivity index (χ0v) is 17.6. The first-order valence-electron chi connectivity index (χ1n) is 11.4. The van der Waals surface area contributed by atoms with Gasteiger partial charge in [-0.05, 0) is 81.3 Å². The maximum atomic E-state index is 14.1. The maximum absolute atomic E-state index is 14.1. The van der Waals surface area contributed by atoms with Gasteiger partial charge in [0.05, 0.1) is 6.61 Å². The number of halogens is 1. The average Bonchev–Trinajstić information content (AvgIpc) is 2.72. The monoisotopic (exact) mass is 388 g/mol. The largest absolute Gasteiger partial charge is 0.504 e. The lowest BCUT2D eigenvalue weighted by molar-refractivity contribution is 0.152. The first kappa shape index (κ1) is 21.2. The Hall–Kier alpha value is -1.51. The quantitative estimate of drug-likeness (QED) is 0.529. The van der Waals surface area contributed by atoms with Crippen LogP contribution in [-0.4, -0.2) is 11.7 Å². The molecular weight excluding hydrogens is 351 g/mol. The molecule has 1 aromatic rings. The molecule has 0 heterocycles. The highest BCUT2D eigenvalue weighted by Crippen LogP contribution is 2.42. The standard InChI is InChI=1S/C25H37FO2/c1-3-5-18-6-11-20(12-7-18)21-13-8-19(9-14-21)10-15-22-16-17-23(28-4-2)24(26)25(22)27/h10,15-21,27H,3-9,11-14H2,1-2H3. The molecule has 2 nitrogen and oxygen atoms in total. The fraction of sp³-hybridized carbons (Fsp3) is 0.680. The van der Waals surface area contributed by atoms with E-state index in [9.17, 15) is 9.50 Å². The summed E-state index contributed by atoms with van der Waals surface area (Å²) in [4.78, 5) is 0. The third-order valence-electron chi connectivity index (χ3n) is 7.03.